The summed E-state index contributed by atoms with van der Waals surface area (Å²) >= 11 is 3.30. The second kappa shape index (κ2) is 11.2. The maximum atomic E-state index is 13.5. The van der Waals surface area contributed by atoms with Gasteiger partial charge in [-0.3, -0.25) is 4.79 Å². The Morgan fingerprint density at radius 1 is 0.892 bits per heavy atom. The van der Waals surface area contributed by atoms with E-state index in [4.69, 9.17) is 0 Å². The zero-order chi connectivity index (χ0) is 26.6. The molecule has 4 rings (SSSR count). The van der Waals surface area contributed by atoms with E-state index in [1.165, 1.54) is 18.2 Å². The van der Waals surface area contributed by atoms with E-state index in [0.717, 1.165) is 26.5 Å². The van der Waals surface area contributed by atoms with Crippen LogP contribution in [0.1, 0.15) is 11.1 Å². The van der Waals surface area contributed by atoms with Crippen molar-refractivity contribution in [2.75, 3.05) is 37.6 Å². The lowest BCUT2D eigenvalue weighted by atomic mass is 10.1. The summed E-state index contributed by atoms with van der Waals surface area (Å²) in [6.45, 7) is 0.890. The molecule has 1 aliphatic heterocycles. The van der Waals surface area contributed by atoms with Gasteiger partial charge in [-0.15, -0.1) is 0 Å². The number of benzene rings is 3. The predicted octanol–water partition coefficient (Wildman–Crippen LogP) is 5.01. The van der Waals surface area contributed by atoms with Crippen molar-refractivity contribution in [3.63, 3.8) is 0 Å². The molecule has 3 aromatic rings. The van der Waals surface area contributed by atoms with E-state index in [2.05, 4.69) is 15.9 Å². The quantitative estimate of drug-likeness (QED) is 0.385. The van der Waals surface area contributed by atoms with Crippen LogP contribution in [-0.4, -0.2) is 56.3 Å². The highest BCUT2D eigenvalue weighted by atomic mass is 79.9. The van der Waals surface area contributed by atoms with Crippen molar-refractivity contribution in [2.24, 2.45) is 0 Å². The second-order valence-electron chi connectivity index (χ2n) is 8.63. The van der Waals surface area contributed by atoms with Crippen molar-refractivity contribution < 1.29 is 26.4 Å². The Hall–Kier alpha value is -2.89. The number of sulfonamides is 1. The number of carbonyl (C=O) groups is 1. The first-order valence-corrected chi connectivity index (χ1v) is 13.8. The summed E-state index contributed by atoms with van der Waals surface area (Å²) < 4.78 is 68.1. The predicted molar refractivity (Wildman–Crippen MR) is 138 cm³/mol. The maximum Gasteiger partial charge on any atom is 0.416 e. The van der Waals surface area contributed by atoms with Gasteiger partial charge in [0.25, 0.3) is 0 Å². The Morgan fingerprint density at radius 3 is 2.16 bits per heavy atom. The van der Waals surface area contributed by atoms with Crippen LogP contribution in [0.15, 0.2) is 88.2 Å². The van der Waals surface area contributed by atoms with Crippen LogP contribution in [0, 0.1) is 0 Å². The molecule has 1 fully saturated rings. The lowest BCUT2D eigenvalue weighted by Gasteiger charge is -2.37. The third-order valence-corrected chi connectivity index (χ3v) is 8.47. The van der Waals surface area contributed by atoms with Crippen LogP contribution in [0.5, 0.6) is 0 Å². The van der Waals surface area contributed by atoms with Gasteiger partial charge in [0.05, 0.1) is 17.0 Å². The molecule has 0 aliphatic carbocycles. The van der Waals surface area contributed by atoms with Crippen LogP contribution < -0.4 is 4.90 Å². The van der Waals surface area contributed by atoms with E-state index >= 15 is 0 Å². The summed E-state index contributed by atoms with van der Waals surface area (Å²) in [6.07, 6.45) is -4.43. The van der Waals surface area contributed by atoms with Gasteiger partial charge in [-0.05, 0) is 48.0 Å². The van der Waals surface area contributed by atoms with E-state index in [9.17, 15) is 26.4 Å². The number of amides is 1. The normalized spacial score (nSPS) is 14.7. The maximum absolute atomic E-state index is 13.5. The molecule has 1 heterocycles. The molecule has 0 spiro atoms. The van der Waals surface area contributed by atoms with Gasteiger partial charge >= 0.3 is 6.18 Å². The minimum absolute atomic E-state index is 0.0230. The van der Waals surface area contributed by atoms with E-state index < -0.39 is 21.8 Å². The SMILES string of the molecule is O=C(CN(Cc1ccccc1)S(=O)(=O)c1ccc(Br)cc1)N1CCN(c2cccc(C(F)(F)F)c2)CC1. The summed E-state index contributed by atoms with van der Waals surface area (Å²) in [5.41, 5.74) is 0.453. The molecular weight excluding hydrogens is 571 g/mol. The molecule has 0 atom stereocenters. The van der Waals surface area contributed by atoms with Crippen molar-refractivity contribution in [1.82, 2.24) is 9.21 Å². The smallest absolute Gasteiger partial charge is 0.368 e. The lowest BCUT2D eigenvalue weighted by molar-refractivity contribution is -0.137. The molecule has 37 heavy (non-hydrogen) atoms. The number of hydrogen-bond acceptors (Lipinski definition) is 4. The van der Waals surface area contributed by atoms with Crippen LogP contribution >= 0.6 is 15.9 Å². The number of rotatable bonds is 7. The fraction of sp³-hybridized carbons (Fsp3) is 0.269. The molecule has 0 unspecified atom stereocenters. The molecule has 0 bridgehead atoms. The average Bonchev–Trinajstić information content (AvgIpc) is 2.89. The van der Waals surface area contributed by atoms with E-state index in [1.807, 2.05) is 6.07 Å². The second-order valence-corrected chi connectivity index (χ2v) is 11.5. The van der Waals surface area contributed by atoms with Crippen molar-refractivity contribution in [1.29, 1.82) is 0 Å². The highest BCUT2D eigenvalue weighted by Gasteiger charge is 2.32. The average molecular weight is 596 g/mol. The number of carbonyl (C=O) groups excluding carboxylic acids is 1. The minimum atomic E-state index is -4.43. The molecule has 196 valence electrons. The molecule has 1 aliphatic rings. The first-order valence-electron chi connectivity index (χ1n) is 11.5. The van der Waals surface area contributed by atoms with Gasteiger partial charge in [0, 0.05) is 42.9 Å². The molecule has 0 saturated carbocycles. The highest BCUT2D eigenvalue weighted by molar-refractivity contribution is 9.10. The number of piperazine rings is 1. The molecular formula is C26H25BrF3N3O3S. The van der Waals surface area contributed by atoms with Crippen LogP contribution in [0.25, 0.3) is 0 Å². The summed E-state index contributed by atoms with van der Waals surface area (Å²) in [6, 6.07) is 20.3. The number of hydrogen-bond donors (Lipinski definition) is 0. The molecule has 0 radical (unpaired) electrons. The fourth-order valence-corrected chi connectivity index (χ4v) is 5.75. The lowest BCUT2D eigenvalue weighted by Crippen LogP contribution is -2.51. The van der Waals surface area contributed by atoms with Gasteiger partial charge in [-0.2, -0.15) is 17.5 Å². The van der Waals surface area contributed by atoms with Crippen LogP contribution in [0.4, 0.5) is 18.9 Å². The summed E-state index contributed by atoms with van der Waals surface area (Å²) in [5, 5.41) is 0. The molecule has 1 amide bonds. The Morgan fingerprint density at radius 2 is 1.54 bits per heavy atom. The standard InChI is InChI=1S/C26H25BrF3N3O3S/c27-22-9-11-24(12-10-22)37(35,36)33(18-20-5-2-1-3-6-20)19-25(34)32-15-13-31(14-16-32)23-8-4-7-21(17-23)26(28,29)30/h1-12,17H,13-16,18-19H2. The Balaban J connectivity index is 1.47. The minimum Gasteiger partial charge on any atom is -0.368 e. The third kappa shape index (κ3) is 6.71. The van der Waals surface area contributed by atoms with Crippen LogP contribution in [0.2, 0.25) is 0 Å². The monoisotopic (exact) mass is 595 g/mol. The number of nitrogens with zero attached hydrogens (tertiary/aromatic N) is 3. The largest absolute Gasteiger partial charge is 0.416 e. The third-order valence-electron chi connectivity index (χ3n) is 6.14. The van der Waals surface area contributed by atoms with E-state index in [1.54, 1.807) is 52.3 Å². The molecule has 0 aromatic heterocycles. The van der Waals surface area contributed by atoms with Gasteiger partial charge in [0.15, 0.2) is 0 Å². The summed E-state index contributed by atoms with van der Waals surface area (Å²) in [7, 11) is -3.97. The van der Waals surface area contributed by atoms with Gasteiger partial charge < -0.3 is 9.80 Å². The van der Waals surface area contributed by atoms with E-state index in [0.29, 0.717) is 18.8 Å². The van der Waals surface area contributed by atoms with Crippen LogP contribution in [-0.2, 0) is 27.5 Å². The number of anilines is 1. The first kappa shape index (κ1) is 27.2. The Bertz CT molecular complexity index is 1330. The van der Waals surface area contributed by atoms with Gasteiger partial charge in [-0.1, -0.05) is 52.3 Å². The fourth-order valence-electron chi connectivity index (χ4n) is 4.11. The van der Waals surface area contributed by atoms with Crippen molar-refractivity contribution >= 4 is 37.5 Å². The zero-order valence-electron chi connectivity index (χ0n) is 19.7. The first-order chi connectivity index (χ1) is 17.5. The van der Waals surface area contributed by atoms with Gasteiger partial charge in [-0.25, -0.2) is 8.42 Å². The highest BCUT2D eigenvalue weighted by Crippen LogP contribution is 2.32. The van der Waals surface area contributed by atoms with Crippen molar-refractivity contribution in [3.8, 4) is 0 Å². The Labute approximate surface area is 222 Å². The van der Waals surface area contributed by atoms with Gasteiger partial charge in [0.2, 0.25) is 15.9 Å². The molecule has 6 nitrogen and oxygen atoms in total. The van der Waals surface area contributed by atoms with Crippen molar-refractivity contribution in [2.45, 2.75) is 17.6 Å². The molecule has 3 aromatic carbocycles. The van der Waals surface area contributed by atoms with Gasteiger partial charge in [0.1, 0.15) is 0 Å². The van der Waals surface area contributed by atoms with Crippen LogP contribution in [0.3, 0.4) is 0 Å². The topological polar surface area (TPSA) is 60.9 Å². The summed E-state index contributed by atoms with van der Waals surface area (Å²) in [5.74, 6) is -0.361. The molecule has 11 heteroatoms. The summed E-state index contributed by atoms with van der Waals surface area (Å²) in [4.78, 5) is 16.6. The molecule has 0 N–H and O–H groups in total. The van der Waals surface area contributed by atoms with Crippen molar-refractivity contribution in [3.05, 3.63) is 94.5 Å². The zero-order valence-corrected chi connectivity index (χ0v) is 22.1. The molecule has 1 saturated heterocycles. The number of halogens is 4. The number of alkyl halides is 3. The Kier molecular flexibility index (Phi) is 8.25. The van der Waals surface area contributed by atoms with E-state index in [-0.39, 0.29) is 37.0 Å².